The monoisotopic (exact) mass is 375 g/mol. The van der Waals surface area contributed by atoms with E-state index in [1.165, 1.54) is 0 Å². The average Bonchev–Trinajstić information content (AvgIpc) is 2.93. The molecule has 6 heteroatoms. The lowest BCUT2D eigenvalue weighted by Crippen LogP contribution is -2.30. The van der Waals surface area contributed by atoms with Crippen LogP contribution in [0.1, 0.15) is 0 Å². The molecule has 1 N–H and O–H groups in total. The van der Waals surface area contributed by atoms with Gasteiger partial charge in [0.25, 0.3) is 0 Å². The second-order valence-electron chi connectivity index (χ2n) is 4.85. The van der Waals surface area contributed by atoms with Crippen LogP contribution in [-0.4, -0.2) is 24.5 Å². The topological polar surface area (TPSA) is 45.2 Å². The fraction of sp³-hybridized carbons (Fsp3) is 0.125. The molecule has 22 heavy (non-hydrogen) atoms. The number of hydrogen-bond donors (Lipinski definition) is 1. The first kappa shape index (κ1) is 15.0. The molecule has 0 radical (unpaired) electrons. The quantitative estimate of drug-likeness (QED) is 0.745. The number of nitrogens with one attached hydrogen (secondary N) is 1. The molecule has 1 aromatic heterocycles. The summed E-state index contributed by atoms with van der Waals surface area (Å²) < 4.78 is 1.99. The number of likely N-dealkylation sites (N-methyl/N-ethyl adjacent to an activating group) is 1. The summed E-state index contributed by atoms with van der Waals surface area (Å²) in [7, 11) is 1.87. The van der Waals surface area contributed by atoms with Crippen molar-refractivity contribution in [1.29, 1.82) is 0 Å². The third-order valence-electron chi connectivity index (χ3n) is 3.14. The van der Waals surface area contributed by atoms with Crippen molar-refractivity contribution in [1.82, 2.24) is 4.98 Å². The Morgan fingerprint density at radius 1 is 1.23 bits per heavy atom. The molecule has 0 aliphatic heterocycles. The predicted molar refractivity (Wildman–Crippen MR) is 95.7 cm³/mol. The van der Waals surface area contributed by atoms with Gasteiger partial charge in [0.1, 0.15) is 0 Å². The van der Waals surface area contributed by atoms with Crippen LogP contribution in [0.5, 0.6) is 0 Å². The fourth-order valence-corrected chi connectivity index (χ4v) is 3.37. The van der Waals surface area contributed by atoms with Gasteiger partial charge in [-0.25, -0.2) is 4.98 Å². The Morgan fingerprint density at radius 3 is 2.73 bits per heavy atom. The van der Waals surface area contributed by atoms with E-state index in [1.54, 1.807) is 11.3 Å². The van der Waals surface area contributed by atoms with Gasteiger partial charge < -0.3 is 10.2 Å². The van der Waals surface area contributed by atoms with Gasteiger partial charge in [-0.3, -0.25) is 4.79 Å². The van der Waals surface area contributed by atoms with Crippen LogP contribution < -0.4 is 10.2 Å². The van der Waals surface area contributed by atoms with Gasteiger partial charge in [-0.1, -0.05) is 35.6 Å². The zero-order chi connectivity index (χ0) is 15.5. The zero-order valence-corrected chi connectivity index (χ0v) is 14.3. The number of aromatic nitrogens is 1. The Hall–Kier alpha value is -1.92. The molecular formula is C16H14BrN3OS. The molecule has 0 aliphatic carbocycles. The zero-order valence-electron chi connectivity index (χ0n) is 11.9. The van der Waals surface area contributed by atoms with Crippen LogP contribution in [-0.2, 0) is 4.79 Å². The first-order valence-corrected chi connectivity index (χ1v) is 8.35. The molecule has 1 heterocycles. The van der Waals surface area contributed by atoms with Gasteiger partial charge in [-0.2, -0.15) is 0 Å². The molecule has 2 aromatic carbocycles. The van der Waals surface area contributed by atoms with Crippen molar-refractivity contribution < 1.29 is 4.79 Å². The van der Waals surface area contributed by atoms with Crippen molar-refractivity contribution in [2.24, 2.45) is 0 Å². The van der Waals surface area contributed by atoms with Crippen molar-refractivity contribution in [3.63, 3.8) is 0 Å². The second kappa shape index (κ2) is 6.46. The molecular weight excluding hydrogens is 362 g/mol. The van der Waals surface area contributed by atoms with Gasteiger partial charge >= 0.3 is 0 Å². The van der Waals surface area contributed by atoms with Crippen LogP contribution >= 0.6 is 27.3 Å². The molecule has 112 valence electrons. The first-order valence-electron chi connectivity index (χ1n) is 6.74. The normalized spacial score (nSPS) is 10.6. The number of hydrogen-bond acceptors (Lipinski definition) is 4. The van der Waals surface area contributed by atoms with Crippen molar-refractivity contribution in [3.8, 4) is 0 Å². The number of nitrogens with zero attached hydrogens (tertiary/aromatic N) is 2. The minimum Gasteiger partial charge on any atom is -0.342 e. The van der Waals surface area contributed by atoms with E-state index in [0.29, 0.717) is 0 Å². The number of carbonyl (C=O) groups excluding carboxylic acids is 1. The highest BCUT2D eigenvalue weighted by molar-refractivity contribution is 9.10. The van der Waals surface area contributed by atoms with E-state index in [4.69, 9.17) is 0 Å². The number of anilines is 2. The van der Waals surface area contributed by atoms with Gasteiger partial charge in [0.05, 0.1) is 22.4 Å². The summed E-state index contributed by atoms with van der Waals surface area (Å²) in [6.07, 6.45) is 0. The van der Waals surface area contributed by atoms with E-state index in [9.17, 15) is 4.79 Å². The Balaban J connectivity index is 1.69. The summed E-state index contributed by atoms with van der Waals surface area (Å²) in [4.78, 5) is 18.6. The number of halogens is 1. The third kappa shape index (κ3) is 3.28. The first-order chi connectivity index (χ1) is 10.6. The lowest BCUT2D eigenvalue weighted by atomic mass is 10.3. The molecule has 0 unspecified atom stereocenters. The Labute approximate surface area is 140 Å². The Morgan fingerprint density at radius 2 is 1.95 bits per heavy atom. The summed E-state index contributed by atoms with van der Waals surface area (Å²) >= 11 is 5.00. The van der Waals surface area contributed by atoms with Crippen molar-refractivity contribution in [2.75, 3.05) is 23.8 Å². The molecule has 0 atom stereocenters. The Bertz CT molecular complexity index is 785. The average molecular weight is 376 g/mol. The summed E-state index contributed by atoms with van der Waals surface area (Å²) in [5, 5.41) is 3.73. The van der Waals surface area contributed by atoms with E-state index in [2.05, 4.69) is 26.2 Å². The smallest absolute Gasteiger partial charge is 0.243 e. The number of fused-ring (bicyclic) bond motifs is 1. The van der Waals surface area contributed by atoms with Crippen molar-refractivity contribution >= 4 is 54.2 Å². The van der Waals surface area contributed by atoms with Gasteiger partial charge in [0.2, 0.25) is 5.91 Å². The van der Waals surface area contributed by atoms with Crippen LogP contribution in [0.15, 0.2) is 53.0 Å². The summed E-state index contributed by atoms with van der Waals surface area (Å²) in [6, 6.07) is 15.5. The molecule has 0 saturated heterocycles. The number of amides is 1. The molecule has 0 fully saturated rings. The molecule has 0 saturated carbocycles. The van der Waals surface area contributed by atoms with Gasteiger partial charge in [-0.05, 0) is 40.2 Å². The second-order valence-corrected chi connectivity index (χ2v) is 6.71. The van der Waals surface area contributed by atoms with Crippen LogP contribution in [0.25, 0.3) is 10.2 Å². The van der Waals surface area contributed by atoms with Crippen LogP contribution in [0.2, 0.25) is 0 Å². The minimum absolute atomic E-state index is 0.0753. The van der Waals surface area contributed by atoms with E-state index >= 15 is 0 Å². The molecule has 0 aliphatic rings. The van der Waals surface area contributed by atoms with Crippen molar-refractivity contribution in [3.05, 3.63) is 53.0 Å². The van der Waals surface area contributed by atoms with Crippen LogP contribution in [0.3, 0.4) is 0 Å². The minimum atomic E-state index is -0.0753. The molecule has 4 nitrogen and oxygen atoms in total. The van der Waals surface area contributed by atoms with E-state index in [1.807, 2.05) is 60.5 Å². The maximum absolute atomic E-state index is 12.2. The summed E-state index contributed by atoms with van der Waals surface area (Å²) in [5.74, 6) is -0.0753. The number of rotatable bonds is 4. The predicted octanol–water partition coefficient (Wildman–Crippen LogP) is 4.13. The summed E-state index contributed by atoms with van der Waals surface area (Å²) in [6.45, 7) is 0.251. The van der Waals surface area contributed by atoms with Gasteiger partial charge in [0.15, 0.2) is 5.13 Å². The van der Waals surface area contributed by atoms with Gasteiger partial charge in [0, 0.05) is 11.5 Å². The summed E-state index contributed by atoms with van der Waals surface area (Å²) in [5.41, 5.74) is 1.73. The maximum Gasteiger partial charge on any atom is 0.243 e. The number of para-hydroxylation sites is 2. The number of carbonyl (C=O) groups is 1. The molecule has 0 bridgehead atoms. The highest BCUT2D eigenvalue weighted by atomic mass is 79.9. The number of benzene rings is 2. The molecule has 1 amide bonds. The van der Waals surface area contributed by atoms with E-state index < -0.39 is 0 Å². The highest BCUT2D eigenvalue weighted by Gasteiger charge is 2.12. The van der Waals surface area contributed by atoms with Gasteiger partial charge in [-0.15, -0.1) is 0 Å². The van der Waals surface area contributed by atoms with E-state index in [0.717, 1.165) is 25.5 Å². The molecule has 3 rings (SSSR count). The highest BCUT2D eigenvalue weighted by Crippen LogP contribution is 2.27. The lowest BCUT2D eigenvalue weighted by Gasteiger charge is -2.15. The SMILES string of the molecule is CN(CC(=O)Nc1ccccc1Br)c1nc2ccccc2s1. The largest absolute Gasteiger partial charge is 0.342 e. The Kier molecular flexibility index (Phi) is 4.40. The molecule has 3 aromatic rings. The van der Waals surface area contributed by atoms with E-state index in [-0.39, 0.29) is 12.5 Å². The fourth-order valence-electron chi connectivity index (χ4n) is 2.06. The van der Waals surface area contributed by atoms with Crippen LogP contribution in [0, 0.1) is 0 Å². The lowest BCUT2D eigenvalue weighted by molar-refractivity contribution is -0.114. The third-order valence-corrected chi connectivity index (χ3v) is 4.98. The van der Waals surface area contributed by atoms with Crippen LogP contribution in [0.4, 0.5) is 10.8 Å². The molecule has 0 spiro atoms. The standard InChI is InChI=1S/C16H14BrN3OS/c1-20(16-19-13-8-4-5-9-14(13)22-16)10-15(21)18-12-7-3-2-6-11(12)17/h2-9H,10H2,1H3,(H,18,21). The maximum atomic E-state index is 12.2. The number of thiazole rings is 1. The van der Waals surface area contributed by atoms with Crippen molar-refractivity contribution in [2.45, 2.75) is 0 Å².